The van der Waals surface area contributed by atoms with E-state index in [1.807, 2.05) is 156 Å². The van der Waals surface area contributed by atoms with Crippen molar-refractivity contribution in [1.82, 2.24) is 24.5 Å². The van der Waals surface area contributed by atoms with E-state index in [1.54, 1.807) is 0 Å². The molecule has 0 aliphatic rings. The van der Waals surface area contributed by atoms with E-state index in [1.165, 1.54) is 12.1 Å². The molecular weight excluding hydrogens is 836 g/mol. The normalized spacial score (nSPS) is 11.7. The van der Waals surface area contributed by atoms with Crippen LogP contribution in [0.4, 0.5) is 13.2 Å². The smallest absolute Gasteiger partial charge is 0.308 e. The van der Waals surface area contributed by atoms with E-state index in [-0.39, 0.29) is 22.8 Å². The van der Waals surface area contributed by atoms with Gasteiger partial charge in [-0.2, -0.15) is 13.2 Å². The minimum atomic E-state index is -4.78. The summed E-state index contributed by atoms with van der Waals surface area (Å²) in [5.41, 5.74) is 11.2. The second-order valence-corrected chi connectivity index (χ2v) is 16.8. The van der Waals surface area contributed by atoms with Crippen molar-refractivity contribution in [1.29, 1.82) is 0 Å². The first-order valence-corrected chi connectivity index (χ1v) is 22.0. The van der Waals surface area contributed by atoms with Gasteiger partial charge in [-0.3, -0.25) is 0 Å². The highest BCUT2D eigenvalue weighted by atomic mass is 19.4. The molecule has 8 heteroatoms. The van der Waals surface area contributed by atoms with Crippen LogP contribution < -0.4 is 0 Å². The van der Waals surface area contributed by atoms with Crippen molar-refractivity contribution < 1.29 is 13.2 Å². The second-order valence-electron chi connectivity index (χ2n) is 16.8. The summed E-state index contributed by atoms with van der Waals surface area (Å²) in [6.07, 6.45) is -4.78. The highest BCUT2D eigenvalue weighted by molar-refractivity contribution is 6.11. The maximum absolute atomic E-state index is 15.7. The molecule has 0 aliphatic heterocycles. The van der Waals surface area contributed by atoms with Gasteiger partial charge in [-0.25, -0.2) is 19.9 Å². The number of nitrogens with zero attached hydrogens (tertiary/aromatic N) is 5. The summed E-state index contributed by atoms with van der Waals surface area (Å²) >= 11 is 0. The molecule has 0 saturated carbocycles. The second kappa shape index (κ2) is 16.8. The van der Waals surface area contributed by atoms with Gasteiger partial charge in [0.25, 0.3) is 0 Å². The number of para-hydroxylation sites is 1. The minimum Gasteiger partial charge on any atom is -0.308 e. The maximum Gasteiger partial charge on any atom is 0.416 e. The molecule has 11 rings (SSSR count). The molecule has 0 radical (unpaired) electrons. The Bertz CT molecular complexity index is 3340. The molecule has 0 N–H and O–H groups in total. The molecule has 3 heterocycles. The Balaban J connectivity index is 1.30. The van der Waals surface area contributed by atoms with Crippen LogP contribution in [0.25, 0.3) is 106 Å². The zero-order valence-corrected chi connectivity index (χ0v) is 36.5. The van der Waals surface area contributed by atoms with Crippen molar-refractivity contribution in [2.24, 2.45) is 0 Å². The quantitative estimate of drug-likeness (QED) is 0.153. The molecular formula is C59H40F3N5. The number of halogens is 3. The predicted octanol–water partition coefficient (Wildman–Crippen LogP) is 15.7. The summed E-state index contributed by atoms with van der Waals surface area (Å²) in [5, 5.41) is 1.85. The van der Waals surface area contributed by atoms with Crippen LogP contribution in [0.3, 0.4) is 0 Å². The highest BCUT2D eigenvalue weighted by Gasteiger charge is 2.35. The van der Waals surface area contributed by atoms with Crippen molar-refractivity contribution in [2.45, 2.75) is 20.0 Å². The number of hydrogen-bond donors (Lipinski definition) is 0. The lowest BCUT2D eigenvalue weighted by atomic mass is 9.98. The number of aromatic nitrogens is 5. The summed E-state index contributed by atoms with van der Waals surface area (Å²) in [5.74, 6) is 0.227. The average Bonchev–Trinajstić information content (AvgIpc) is 3.69. The van der Waals surface area contributed by atoms with Crippen molar-refractivity contribution >= 4 is 21.8 Å². The molecule has 11 aromatic rings. The first kappa shape index (κ1) is 41.2. The van der Waals surface area contributed by atoms with Crippen molar-refractivity contribution in [3.8, 4) is 84.6 Å². The van der Waals surface area contributed by atoms with Crippen molar-refractivity contribution in [2.75, 3.05) is 0 Å². The summed E-state index contributed by atoms with van der Waals surface area (Å²) in [7, 11) is 0. The van der Waals surface area contributed by atoms with Crippen LogP contribution in [0.15, 0.2) is 206 Å². The number of hydrogen-bond acceptors (Lipinski definition) is 4. The van der Waals surface area contributed by atoms with Crippen LogP contribution in [0, 0.1) is 13.8 Å². The molecule has 0 spiro atoms. The molecule has 0 unspecified atom stereocenters. The number of aryl methyl sites for hydroxylation is 2. The summed E-state index contributed by atoms with van der Waals surface area (Å²) in [6, 6.07) is 65.4. The lowest BCUT2D eigenvalue weighted by molar-refractivity contribution is -0.137. The van der Waals surface area contributed by atoms with Gasteiger partial charge in [0, 0.05) is 44.2 Å². The van der Waals surface area contributed by atoms with Gasteiger partial charge in [-0.05, 0) is 67.4 Å². The molecule has 0 atom stereocenters. The van der Waals surface area contributed by atoms with Gasteiger partial charge in [0.1, 0.15) is 0 Å². The monoisotopic (exact) mass is 875 g/mol. The highest BCUT2D eigenvalue weighted by Crippen LogP contribution is 2.45. The maximum atomic E-state index is 15.7. The van der Waals surface area contributed by atoms with Crippen LogP contribution >= 0.6 is 0 Å². The molecule has 8 aromatic carbocycles. The Hall–Kier alpha value is -8.49. The first-order valence-electron chi connectivity index (χ1n) is 22.0. The summed E-state index contributed by atoms with van der Waals surface area (Å²) in [4.78, 5) is 20.6. The van der Waals surface area contributed by atoms with Crippen molar-refractivity contribution in [3.63, 3.8) is 0 Å². The van der Waals surface area contributed by atoms with Crippen LogP contribution in [-0.4, -0.2) is 24.5 Å². The van der Waals surface area contributed by atoms with Crippen LogP contribution in [0.1, 0.15) is 16.7 Å². The topological polar surface area (TPSA) is 56.5 Å². The van der Waals surface area contributed by atoms with Crippen molar-refractivity contribution in [3.05, 3.63) is 223 Å². The van der Waals surface area contributed by atoms with Gasteiger partial charge < -0.3 is 4.57 Å². The molecule has 0 amide bonds. The van der Waals surface area contributed by atoms with Gasteiger partial charge in [0.15, 0.2) is 11.6 Å². The third-order valence-electron chi connectivity index (χ3n) is 12.1. The van der Waals surface area contributed by atoms with Gasteiger partial charge in [0.2, 0.25) is 0 Å². The zero-order chi connectivity index (χ0) is 45.6. The number of benzene rings is 8. The minimum absolute atomic E-state index is 0.114. The average molecular weight is 876 g/mol. The Kier molecular flexibility index (Phi) is 10.3. The molecule has 3 aromatic heterocycles. The third-order valence-corrected chi connectivity index (χ3v) is 12.1. The fourth-order valence-electron chi connectivity index (χ4n) is 9.08. The Morgan fingerprint density at radius 1 is 0.358 bits per heavy atom. The Morgan fingerprint density at radius 3 is 1.19 bits per heavy atom. The number of alkyl halides is 3. The van der Waals surface area contributed by atoms with E-state index in [0.717, 1.165) is 66.3 Å². The van der Waals surface area contributed by atoms with Crippen LogP contribution in [0.5, 0.6) is 0 Å². The van der Waals surface area contributed by atoms with E-state index < -0.39 is 11.7 Å². The molecule has 5 nitrogen and oxygen atoms in total. The van der Waals surface area contributed by atoms with Crippen LogP contribution in [-0.2, 0) is 6.18 Å². The fourth-order valence-corrected chi connectivity index (χ4v) is 9.08. The van der Waals surface area contributed by atoms with Gasteiger partial charge >= 0.3 is 6.18 Å². The van der Waals surface area contributed by atoms with E-state index in [9.17, 15) is 0 Å². The zero-order valence-electron chi connectivity index (χ0n) is 36.5. The van der Waals surface area contributed by atoms with Gasteiger partial charge in [0.05, 0.1) is 45.1 Å². The first-order chi connectivity index (χ1) is 32.6. The summed E-state index contributed by atoms with van der Waals surface area (Å²) < 4.78 is 49.2. The van der Waals surface area contributed by atoms with Gasteiger partial charge in [-0.15, -0.1) is 0 Å². The van der Waals surface area contributed by atoms with E-state index in [0.29, 0.717) is 28.5 Å². The Morgan fingerprint density at radius 2 is 0.761 bits per heavy atom. The van der Waals surface area contributed by atoms with Gasteiger partial charge in [-0.1, -0.05) is 175 Å². The van der Waals surface area contributed by atoms with E-state index >= 15 is 13.2 Å². The van der Waals surface area contributed by atoms with E-state index in [2.05, 4.69) is 56.3 Å². The molecule has 0 aliphatic carbocycles. The SMILES string of the molecule is Cc1cc(C)cc(-c2ccc3c(c2)c2ccccc2n3-c2c(-c3nc(-c4ccccc4)cc(-c4ccccc4)n3)cc(C(F)(F)F)cc2-c2nc(-c3ccccc3)cc(-c3ccccc3)n2)c1. The molecule has 0 bridgehead atoms. The molecule has 322 valence electrons. The summed E-state index contributed by atoms with van der Waals surface area (Å²) in [6.45, 7) is 4.18. The lowest BCUT2D eigenvalue weighted by Crippen LogP contribution is -2.11. The Labute approximate surface area is 385 Å². The third kappa shape index (κ3) is 7.93. The van der Waals surface area contributed by atoms with Crippen LogP contribution in [0.2, 0.25) is 0 Å². The largest absolute Gasteiger partial charge is 0.416 e. The molecule has 0 fully saturated rings. The number of rotatable bonds is 8. The lowest BCUT2D eigenvalue weighted by Gasteiger charge is -2.21. The fraction of sp³-hybridized carbons (Fsp3) is 0.0508. The number of fused-ring (bicyclic) bond motifs is 3. The molecule has 0 saturated heterocycles. The molecule has 67 heavy (non-hydrogen) atoms. The standard InChI is InChI=1S/C59H40F3N5/c1-37-29-38(2)31-44(30-37)43-27-28-55-47(32-43)46-25-15-16-26-54(46)67(55)56-48(57-63-50(39-17-7-3-8-18-39)35-51(64-57)40-19-9-4-10-20-40)33-45(59(60,61)62)34-49(56)58-65-52(41-21-11-5-12-22-41)36-53(66-58)42-23-13-6-14-24-42/h3-36H,1-2H3. The predicted molar refractivity (Wildman–Crippen MR) is 264 cm³/mol. The van der Waals surface area contributed by atoms with E-state index in [4.69, 9.17) is 19.9 Å².